The fourth-order valence-electron chi connectivity index (χ4n) is 2.99. The molecule has 3 rings (SSSR count). The van der Waals surface area contributed by atoms with Crippen molar-refractivity contribution in [2.45, 2.75) is 12.3 Å². The van der Waals surface area contributed by atoms with E-state index in [9.17, 15) is 9.59 Å². The molecular weight excluding hydrogens is 290 g/mol. The second kappa shape index (κ2) is 6.65. The predicted molar refractivity (Wildman–Crippen MR) is 87.5 cm³/mol. The van der Waals surface area contributed by atoms with Crippen LogP contribution >= 0.6 is 0 Å². The Morgan fingerprint density at radius 2 is 1.65 bits per heavy atom. The van der Waals surface area contributed by atoms with Crippen LogP contribution in [0.15, 0.2) is 54.6 Å². The summed E-state index contributed by atoms with van der Waals surface area (Å²) < 4.78 is 4.67. The highest BCUT2D eigenvalue weighted by atomic mass is 16.5. The third-order valence-corrected chi connectivity index (χ3v) is 4.30. The minimum Gasteiger partial charge on any atom is -0.465 e. The van der Waals surface area contributed by atoms with Gasteiger partial charge in [0.25, 0.3) is 5.91 Å². The summed E-state index contributed by atoms with van der Waals surface area (Å²) in [4.78, 5) is 25.9. The number of benzene rings is 2. The van der Waals surface area contributed by atoms with Crippen LogP contribution in [-0.2, 0) is 4.74 Å². The standard InChI is InChI=1S/C19H19NO3/c1-23-19(22)16-9-7-15(8-10-16)18(21)20-12-11-17(13-20)14-5-3-2-4-6-14/h2-10,17H,11-13H2,1H3. The van der Waals surface area contributed by atoms with Crippen molar-refractivity contribution in [2.75, 3.05) is 20.2 Å². The first-order chi connectivity index (χ1) is 11.2. The molecule has 1 atom stereocenters. The lowest BCUT2D eigenvalue weighted by Gasteiger charge is -2.17. The van der Waals surface area contributed by atoms with Gasteiger partial charge in [-0.3, -0.25) is 4.79 Å². The lowest BCUT2D eigenvalue weighted by Crippen LogP contribution is -2.28. The molecule has 4 heteroatoms. The van der Waals surface area contributed by atoms with Gasteiger partial charge in [-0.15, -0.1) is 0 Å². The van der Waals surface area contributed by atoms with Gasteiger partial charge in [0.15, 0.2) is 0 Å². The summed E-state index contributed by atoms with van der Waals surface area (Å²) in [7, 11) is 1.34. The average Bonchev–Trinajstić information content (AvgIpc) is 3.11. The number of carbonyl (C=O) groups is 2. The number of methoxy groups -OCH3 is 1. The molecule has 0 spiro atoms. The second-order valence-electron chi connectivity index (χ2n) is 5.72. The molecule has 0 saturated carbocycles. The highest BCUT2D eigenvalue weighted by molar-refractivity contribution is 5.96. The molecule has 1 aliphatic heterocycles. The van der Waals surface area contributed by atoms with Gasteiger partial charge in [-0.2, -0.15) is 0 Å². The number of nitrogens with zero attached hydrogens (tertiary/aromatic N) is 1. The molecule has 0 aliphatic carbocycles. The zero-order valence-electron chi connectivity index (χ0n) is 13.1. The third kappa shape index (κ3) is 3.26. The monoisotopic (exact) mass is 309 g/mol. The van der Waals surface area contributed by atoms with Crippen LogP contribution in [0, 0.1) is 0 Å². The van der Waals surface area contributed by atoms with Gasteiger partial charge in [0, 0.05) is 24.6 Å². The Balaban J connectivity index is 1.68. The summed E-state index contributed by atoms with van der Waals surface area (Å²) in [6.45, 7) is 1.50. The fraction of sp³-hybridized carbons (Fsp3) is 0.263. The summed E-state index contributed by atoms with van der Waals surface area (Å²) in [6, 6.07) is 16.9. The summed E-state index contributed by atoms with van der Waals surface area (Å²) in [5.74, 6) is 0.0173. The first-order valence-electron chi connectivity index (χ1n) is 7.71. The normalized spacial score (nSPS) is 17.1. The van der Waals surface area contributed by atoms with E-state index >= 15 is 0 Å². The van der Waals surface area contributed by atoms with Gasteiger partial charge in [0.2, 0.25) is 0 Å². The molecule has 4 nitrogen and oxygen atoms in total. The molecule has 0 bridgehead atoms. The van der Waals surface area contributed by atoms with E-state index in [-0.39, 0.29) is 5.91 Å². The van der Waals surface area contributed by atoms with E-state index < -0.39 is 5.97 Å². The van der Waals surface area contributed by atoms with Crippen molar-refractivity contribution < 1.29 is 14.3 Å². The van der Waals surface area contributed by atoms with Crippen molar-refractivity contribution in [1.29, 1.82) is 0 Å². The third-order valence-electron chi connectivity index (χ3n) is 4.30. The Morgan fingerprint density at radius 1 is 1.00 bits per heavy atom. The largest absolute Gasteiger partial charge is 0.465 e. The molecule has 1 heterocycles. The molecule has 1 amide bonds. The maximum atomic E-state index is 12.6. The first-order valence-corrected chi connectivity index (χ1v) is 7.71. The highest BCUT2D eigenvalue weighted by Gasteiger charge is 2.27. The summed E-state index contributed by atoms with van der Waals surface area (Å²) >= 11 is 0. The molecule has 23 heavy (non-hydrogen) atoms. The summed E-state index contributed by atoms with van der Waals surface area (Å²) in [5.41, 5.74) is 2.34. The maximum absolute atomic E-state index is 12.6. The minimum absolute atomic E-state index is 0.0137. The topological polar surface area (TPSA) is 46.6 Å². The van der Waals surface area contributed by atoms with Gasteiger partial charge in [0.05, 0.1) is 12.7 Å². The smallest absolute Gasteiger partial charge is 0.337 e. The van der Waals surface area contributed by atoms with E-state index in [1.807, 2.05) is 23.1 Å². The fourth-order valence-corrected chi connectivity index (χ4v) is 2.99. The van der Waals surface area contributed by atoms with Crippen molar-refractivity contribution in [3.63, 3.8) is 0 Å². The Morgan fingerprint density at radius 3 is 2.30 bits per heavy atom. The zero-order chi connectivity index (χ0) is 16.2. The van der Waals surface area contributed by atoms with Crippen molar-refractivity contribution in [2.24, 2.45) is 0 Å². The zero-order valence-corrected chi connectivity index (χ0v) is 13.1. The van der Waals surface area contributed by atoms with Crippen molar-refractivity contribution >= 4 is 11.9 Å². The van der Waals surface area contributed by atoms with Crippen LogP contribution in [0.2, 0.25) is 0 Å². The van der Waals surface area contributed by atoms with Crippen molar-refractivity contribution in [3.05, 3.63) is 71.3 Å². The van der Waals surface area contributed by atoms with Gasteiger partial charge in [-0.25, -0.2) is 4.79 Å². The minimum atomic E-state index is -0.394. The number of hydrogen-bond acceptors (Lipinski definition) is 3. The molecular formula is C19H19NO3. The van der Waals surface area contributed by atoms with E-state index in [0.29, 0.717) is 17.0 Å². The van der Waals surface area contributed by atoms with E-state index in [0.717, 1.165) is 19.5 Å². The van der Waals surface area contributed by atoms with Crippen LogP contribution in [0.5, 0.6) is 0 Å². The summed E-state index contributed by atoms with van der Waals surface area (Å²) in [5, 5.41) is 0. The van der Waals surface area contributed by atoms with Gasteiger partial charge < -0.3 is 9.64 Å². The van der Waals surface area contributed by atoms with E-state index in [1.165, 1.54) is 12.7 Å². The van der Waals surface area contributed by atoms with E-state index in [2.05, 4.69) is 16.9 Å². The molecule has 1 aliphatic rings. The first kappa shape index (κ1) is 15.3. The lowest BCUT2D eigenvalue weighted by molar-refractivity contribution is 0.0600. The van der Waals surface area contributed by atoms with Gasteiger partial charge in [-0.05, 0) is 36.2 Å². The number of esters is 1. The Labute approximate surface area is 135 Å². The van der Waals surface area contributed by atoms with Crippen molar-refractivity contribution in [1.82, 2.24) is 4.90 Å². The maximum Gasteiger partial charge on any atom is 0.337 e. The molecule has 2 aromatic carbocycles. The molecule has 118 valence electrons. The van der Waals surface area contributed by atoms with Gasteiger partial charge in [-0.1, -0.05) is 30.3 Å². The molecule has 0 N–H and O–H groups in total. The van der Waals surface area contributed by atoms with Gasteiger partial charge >= 0.3 is 5.97 Å². The molecule has 2 aromatic rings. The SMILES string of the molecule is COC(=O)c1ccc(C(=O)N2CCC(c3ccccc3)C2)cc1. The molecule has 0 aromatic heterocycles. The van der Waals surface area contributed by atoms with Crippen LogP contribution in [0.4, 0.5) is 0 Å². The van der Waals surface area contributed by atoms with Crippen LogP contribution in [0.3, 0.4) is 0 Å². The average molecular weight is 309 g/mol. The Bertz CT molecular complexity index is 694. The number of likely N-dealkylation sites (tertiary alicyclic amines) is 1. The lowest BCUT2D eigenvalue weighted by atomic mass is 9.99. The second-order valence-corrected chi connectivity index (χ2v) is 5.72. The van der Waals surface area contributed by atoms with Crippen LogP contribution in [-0.4, -0.2) is 37.0 Å². The number of rotatable bonds is 3. The molecule has 1 unspecified atom stereocenters. The summed E-state index contributed by atoms with van der Waals surface area (Å²) in [6.07, 6.45) is 0.982. The molecule has 0 radical (unpaired) electrons. The quantitative estimate of drug-likeness (QED) is 0.819. The predicted octanol–water partition coefficient (Wildman–Crippen LogP) is 3.10. The van der Waals surface area contributed by atoms with E-state index in [1.54, 1.807) is 24.3 Å². The number of carbonyl (C=O) groups excluding carboxylic acids is 2. The van der Waals surface area contributed by atoms with Crippen LogP contribution in [0.1, 0.15) is 38.6 Å². The van der Waals surface area contributed by atoms with Gasteiger partial charge in [0.1, 0.15) is 0 Å². The Kier molecular flexibility index (Phi) is 4.42. The Hall–Kier alpha value is -2.62. The molecule has 1 saturated heterocycles. The highest BCUT2D eigenvalue weighted by Crippen LogP contribution is 2.28. The van der Waals surface area contributed by atoms with E-state index in [4.69, 9.17) is 0 Å². The number of hydrogen-bond donors (Lipinski definition) is 0. The van der Waals surface area contributed by atoms with Crippen molar-refractivity contribution in [3.8, 4) is 0 Å². The van der Waals surface area contributed by atoms with Crippen LogP contribution in [0.25, 0.3) is 0 Å². The number of ether oxygens (including phenoxy) is 1. The van der Waals surface area contributed by atoms with Crippen LogP contribution < -0.4 is 0 Å². The molecule has 1 fully saturated rings. The number of amides is 1.